The van der Waals surface area contributed by atoms with E-state index in [1.54, 1.807) is 6.92 Å². The maximum Gasteiger partial charge on any atom is 0.228 e. The molecule has 0 bridgehead atoms. The van der Waals surface area contributed by atoms with Gasteiger partial charge in [-0.1, -0.05) is 0 Å². The fourth-order valence-electron chi connectivity index (χ4n) is 1.33. The standard InChI is InChI=1S/C12H10BrFN2O2/c1-7-15-5-8(6-17)12(16-7)18-11-4-9(14)2-3-10(11)13/h2-5,17H,6H2,1H3. The van der Waals surface area contributed by atoms with Crippen LogP contribution in [0.3, 0.4) is 0 Å². The highest BCUT2D eigenvalue weighted by atomic mass is 79.9. The van der Waals surface area contributed by atoms with Crippen molar-refractivity contribution >= 4 is 15.9 Å². The molecule has 0 fully saturated rings. The van der Waals surface area contributed by atoms with Crippen molar-refractivity contribution in [2.75, 3.05) is 0 Å². The highest BCUT2D eigenvalue weighted by Crippen LogP contribution is 2.30. The molecular weight excluding hydrogens is 303 g/mol. The number of aromatic nitrogens is 2. The maximum atomic E-state index is 13.1. The first-order chi connectivity index (χ1) is 8.60. The normalized spacial score (nSPS) is 10.4. The van der Waals surface area contributed by atoms with E-state index in [2.05, 4.69) is 25.9 Å². The van der Waals surface area contributed by atoms with Gasteiger partial charge in [-0.05, 0) is 35.0 Å². The molecule has 0 unspecified atom stereocenters. The highest BCUT2D eigenvalue weighted by molar-refractivity contribution is 9.10. The number of rotatable bonds is 3. The van der Waals surface area contributed by atoms with Crippen molar-refractivity contribution in [2.45, 2.75) is 13.5 Å². The zero-order chi connectivity index (χ0) is 13.1. The van der Waals surface area contributed by atoms with Gasteiger partial charge in [0.25, 0.3) is 0 Å². The third kappa shape index (κ3) is 2.83. The smallest absolute Gasteiger partial charge is 0.228 e. The summed E-state index contributed by atoms with van der Waals surface area (Å²) in [4.78, 5) is 8.03. The molecule has 6 heteroatoms. The number of ether oxygens (including phenoxy) is 1. The van der Waals surface area contributed by atoms with Crippen LogP contribution in [0, 0.1) is 12.7 Å². The minimum absolute atomic E-state index is 0.219. The molecule has 0 spiro atoms. The first kappa shape index (κ1) is 12.9. The van der Waals surface area contributed by atoms with Gasteiger partial charge in [-0.25, -0.2) is 9.37 Å². The lowest BCUT2D eigenvalue weighted by molar-refractivity contribution is 0.274. The van der Waals surface area contributed by atoms with Crippen molar-refractivity contribution in [3.8, 4) is 11.6 Å². The molecule has 0 atom stereocenters. The second-order valence-corrected chi connectivity index (χ2v) is 4.44. The summed E-state index contributed by atoms with van der Waals surface area (Å²) in [7, 11) is 0. The summed E-state index contributed by atoms with van der Waals surface area (Å²) in [6, 6.07) is 4.09. The zero-order valence-corrected chi connectivity index (χ0v) is 11.1. The van der Waals surface area contributed by atoms with E-state index >= 15 is 0 Å². The van der Waals surface area contributed by atoms with Crippen LogP contribution in [0.25, 0.3) is 0 Å². The largest absolute Gasteiger partial charge is 0.437 e. The van der Waals surface area contributed by atoms with Gasteiger partial charge in [-0.15, -0.1) is 0 Å². The molecule has 0 aliphatic rings. The van der Waals surface area contributed by atoms with Crippen LogP contribution in [-0.4, -0.2) is 15.1 Å². The van der Waals surface area contributed by atoms with Crippen LogP contribution in [0.5, 0.6) is 11.6 Å². The molecule has 1 N–H and O–H groups in total. The van der Waals surface area contributed by atoms with Gasteiger partial charge in [0.15, 0.2) is 0 Å². The first-order valence-electron chi connectivity index (χ1n) is 5.16. The fraction of sp³-hybridized carbons (Fsp3) is 0.167. The van der Waals surface area contributed by atoms with Crippen molar-refractivity contribution in [1.82, 2.24) is 9.97 Å². The van der Waals surface area contributed by atoms with Crippen molar-refractivity contribution in [2.24, 2.45) is 0 Å². The van der Waals surface area contributed by atoms with E-state index in [1.165, 1.54) is 24.4 Å². The molecule has 18 heavy (non-hydrogen) atoms. The van der Waals surface area contributed by atoms with Crippen LogP contribution in [0.15, 0.2) is 28.9 Å². The lowest BCUT2D eigenvalue weighted by Crippen LogP contribution is -1.99. The average molecular weight is 313 g/mol. The minimum Gasteiger partial charge on any atom is -0.437 e. The SMILES string of the molecule is Cc1ncc(CO)c(Oc2cc(F)ccc2Br)n1. The van der Waals surface area contributed by atoms with Crippen molar-refractivity contribution < 1.29 is 14.2 Å². The Bertz CT molecular complexity index is 578. The van der Waals surface area contributed by atoms with E-state index < -0.39 is 5.82 Å². The molecule has 2 aromatic rings. The third-order valence-corrected chi connectivity index (χ3v) is 2.87. The number of halogens is 2. The number of aryl methyl sites for hydroxylation is 1. The summed E-state index contributed by atoms with van der Waals surface area (Å²) in [6.07, 6.45) is 1.48. The Labute approximate surface area is 112 Å². The summed E-state index contributed by atoms with van der Waals surface area (Å²) in [5, 5.41) is 9.17. The van der Waals surface area contributed by atoms with Crippen LogP contribution in [0.2, 0.25) is 0 Å². The monoisotopic (exact) mass is 312 g/mol. The molecule has 94 valence electrons. The number of benzene rings is 1. The molecular formula is C12H10BrFN2O2. The number of hydrogen-bond donors (Lipinski definition) is 1. The van der Waals surface area contributed by atoms with Gasteiger partial charge >= 0.3 is 0 Å². The van der Waals surface area contributed by atoms with Crippen LogP contribution in [0.1, 0.15) is 11.4 Å². The number of aliphatic hydroxyl groups is 1. The van der Waals surface area contributed by atoms with Crippen molar-refractivity contribution in [1.29, 1.82) is 0 Å². The number of hydrogen-bond acceptors (Lipinski definition) is 4. The van der Waals surface area contributed by atoms with Gasteiger partial charge in [0.2, 0.25) is 5.88 Å². The average Bonchev–Trinajstić information content (AvgIpc) is 2.34. The number of nitrogens with zero attached hydrogens (tertiary/aromatic N) is 2. The van der Waals surface area contributed by atoms with E-state index in [0.717, 1.165) is 0 Å². The molecule has 4 nitrogen and oxygen atoms in total. The molecule has 1 aromatic carbocycles. The predicted octanol–water partition coefficient (Wildman–Crippen LogP) is 2.97. The quantitative estimate of drug-likeness (QED) is 0.946. The Morgan fingerprint density at radius 2 is 2.22 bits per heavy atom. The lowest BCUT2D eigenvalue weighted by atomic mass is 10.3. The van der Waals surface area contributed by atoms with E-state index in [9.17, 15) is 4.39 Å². The predicted molar refractivity (Wildman–Crippen MR) is 66.9 cm³/mol. The highest BCUT2D eigenvalue weighted by Gasteiger charge is 2.10. The Morgan fingerprint density at radius 3 is 2.94 bits per heavy atom. The second kappa shape index (κ2) is 5.41. The summed E-state index contributed by atoms with van der Waals surface area (Å²) >= 11 is 3.26. The fourth-order valence-corrected chi connectivity index (χ4v) is 1.66. The molecule has 0 amide bonds. The van der Waals surface area contributed by atoms with E-state index in [1.807, 2.05) is 0 Å². The molecule has 1 aromatic heterocycles. The van der Waals surface area contributed by atoms with Crippen LogP contribution in [0.4, 0.5) is 4.39 Å². The molecule has 0 aliphatic carbocycles. The summed E-state index contributed by atoms with van der Waals surface area (Å²) in [6.45, 7) is 1.46. The second-order valence-electron chi connectivity index (χ2n) is 3.58. The van der Waals surface area contributed by atoms with Gasteiger partial charge in [0.05, 0.1) is 16.6 Å². The van der Waals surface area contributed by atoms with Gasteiger partial charge in [0, 0.05) is 12.3 Å². The van der Waals surface area contributed by atoms with Gasteiger partial charge in [-0.2, -0.15) is 4.98 Å². The molecule has 1 heterocycles. The van der Waals surface area contributed by atoms with Gasteiger partial charge < -0.3 is 9.84 Å². The Morgan fingerprint density at radius 1 is 1.44 bits per heavy atom. The summed E-state index contributed by atoms with van der Waals surface area (Å²) in [5.41, 5.74) is 0.441. The Balaban J connectivity index is 2.38. The summed E-state index contributed by atoms with van der Waals surface area (Å²) < 4.78 is 19.2. The van der Waals surface area contributed by atoms with Crippen LogP contribution >= 0.6 is 15.9 Å². The molecule has 0 saturated heterocycles. The molecule has 2 rings (SSSR count). The van der Waals surface area contributed by atoms with Crippen LogP contribution < -0.4 is 4.74 Å². The van der Waals surface area contributed by atoms with Crippen molar-refractivity contribution in [3.63, 3.8) is 0 Å². The van der Waals surface area contributed by atoms with Gasteiger partial charge in [-0.3, -0.25) is 0 Å². The number of aliphatic hydroxyl groups excluding tert-OH is 1. The summed E-state index contributed by atoms with van der Waals surface area (Å²) in [5.74, 6) is 0.610. The minimum atomic E-state index is -0.412. The first-order valence-corrected chi connectivity index (χ1v) is 5.95. The lowest BCUT2D eigenvalue weighted by Gasteiger charge is -2.10. The maximum absolute atomic E-state index is 13.1. The molecule has 0 saturated carbocycles. The Kier molecular flexibility index (Phi) is 3.88. The van der Waals surface area contributed by atoms with E-state index in [0.29, 0.717) is 21.6 Å². The van der Waals surface area contributed by atoms with E-state index in [-0.39, 0.29) is 12.5 Å². The molecule has 0 aliphatic heterocycles. The third-order valence-electron chi connectivity index (χ3n) is 2.22. The zero-order valence-electron chi connectivity index (χ0n) is 9.52. The molecule has 0 radical (unpaired) electrons. The van der Waals surface area contributed by atoms with E-state index in [4.69, 9.17) is 9.84 Å². The van der Waals surface area contributed by atoms with Gasteiger partial charge in [0.1, 0.15) is 17.4 Å². The van der Waals surface area contributed by atoms with Crippen LogP contribution in [-0.2, 0) is 6.61 Å². The topological polar surface area (TPSA) is 55.2 Å². The Hall–Kier alpha value is -1.53. The van der Waals surface area contributed by atoms with Crippen molar-refractivity contribution in [3.05, 3.63) is 46.1 Å².